The molecule has 4 rings (SSSR count). The third kappa shape index (κ3) is 3.52. The van der Waals surface area contributed by atoms with Crippen LogP contribution in [0.2, 0.25) is 0 Å². The van der Waals surface area contributed by atoms with Crippen LogP contribution in [0.3, 0.4) is 0 Å². The molecule has 1 aromatic carbocycles. The van der Waals surface area contributed by atoms with Gasteiger partial charge in [0.05, 0.1) is 11.4 Å². The van der Waals surface area contributed by atoms with Gasteiger partial charge in [-0.25, -0.2) is 9.36 Å². The second-order valence-electron chi connectivity index (χ2n) is 7.31. The lowest BCUT2D eigenvalue weighted by Crippen LogP contribution is -2.38. The Labute approximate surface area is 173 Å². The van der Waals surface area contributed by atoms with E-state index in [0.29, 0.717) is 22.4 Å². The van der Waals surface area contributed by atoms with E-state index in [1.165, 1.54) is 4.68 Å². The molecule has 1 N–H and O–H groups in total. The summed E-state index contributed by atoms with van der Waals surface area (Å²) in [6.07, 6.45) is 4.55. The van der Waals surface area contributed by atoms with Gasteiger partial charge in [-0.05, 0) is 44.5 Å². The highest BCUT2D eigenvalue weighted by Crippen LogP contribution is 2.24. The first kappa shape index (κ1) is 19.6. The van der Waals surface area contributed by atoms with E-state index in [9.17, 15) is 9.59 Å². The SMILES string of the molecule is CCC(C)NC(=O)Cn1nc(C)c2nn(-c3ccccc3)c(-n3cccc3)c2c1=O. The maximum Gasteiger partial charge on any atom is 0.280 e. The quantitative estimate of drug-likeness (QED) is 0.535. The molecule has 154 valence electrons. The van der Waals surface area contributed by atoms with Gasteiger partial charge in [-0.1, -0.05) is 25.1 Å². The Bertz CT molecular complexity index is 1240. The van der Waals surface area contributed by atoms with Gasteiger partial charge in [0.1, 0.15) is 17.4 Å². The summed E-state index contributed by atoms with van der Waals surface area (Å²) in [5.74, 6) is 0.378. The Morgan fingerprint density at radius 3 is 2.47 bits per heavy atom. The Kier molecular flexibility index (Phi) is 5.22. The normalized spacial score (nSPS) is 12.2. The fourth-order valence-corrected chi connectivity index (χ4v) is 3.39. The van der Waals surface area contributed by atoms with Gasteiger partial charge in [-0.3, -0.25) is 9.59 Å². The van der Waals surface area contributed by atoms with Crippen LogP contribution in [-0.2, 0) is 11.3 Å². The van der Waals surface area contributed by atoms with E-state index in [0.717, 1.165) is 12.1 Å². The number of aromatic nitrogens is 5. The van der Waals surface area contributed by atoms with Crippen molar-refractivity contribution in [1.29, 1.82) is 0 Å². The van der Waals surface area contributed by atoms with Crippen LogP contribution in [0.1, 0.15) is 26.0 Å². The fraction of sp³-hybridized carbons (Fsp3) is 0.273. The van der Waals surface area contributed by atoms with Crippen molar-refractivity contribution in [2.45, 2.75) is 39.8 Å². The molecule has 0 fully saturated rings. The second kappa shape index (κ2) is 7.98. The highest BCUT2D eigenvalue weighted by Gasteiger charge is 2.22. The third-order valence-corrected chi connectivity index (χ3v) is 5.09. The molecule has 0 aliphatic heterocycles. The number of aryl methyl sites for hydroxylation is 1. The number of carbonyl (C=O) groups is 1. The number of hydrogen-bond donors (Lipinski definition) is 1. The first-order valence-electron chi connectivity index (χ1n) is 9.98. The summed E-state index contributed by atoms with van der Waals surface area (Å²) >= 11 is 0. The number of nitrogens with zero attached hydrogens (tertiary/aromatic N) is 5. The van der Waals surface area contributed by atoms with Gasteiger partial charge >= 0.3 is 0 Å². The van der Waals surface area contributed by atoms with Gasteiger partial charge in [-0.2, -0.15) is 10.2 Å². The molecule has 3 aromatic heterocycles. The Morgan fingerprint density at radius 1 is 1.10 bits per heavy atom. The molecule has 8 nitrogen and oxygen atoms in total. The molecule has 1 amide bonds. The molecular weight excluding hydrogens is 380 g/mol. The van der Waals surface area contributed by atoms with Crippen LogP contribution in [0.4, 0.5) is 0 Å². The minimum atomic E-state index is -0.346. The van der Waals surface area contributed by atoms with E-state index in [1.807, 2.05) is 73.3 Å². The van der Waals surface area contributed by atoms with E-state index >= 15 is 0 Å². The second-order valence-corrected chi connectivity index (χ2v) is 7.31. The zero-order valence-electron chi connectivity index (χ0n) is 17.2. The first-order chi connectivity index (χ1) is 14.5. The topological polar surface area (TPSA) is 86.7 Å². The maximum absolute atomic E-state index is 13.4. The van der Waals surface area contributed by atoms with E-state index in [1.54, 1.807) is 11.6 Å². The zero-order valence-corrected chi connectivity index (χ0v) is 17.2. The summed E-state index contributed by atoms with van der Waals surface area (Å²) in [7, 11) is 0. The summed E-state index contributed by atoms with van der Waals surface area (Å²) in [5, 5.41) is 12.4. The van der Waals surface area contributed by atoms with Crippen molar-refractivity contribution in [3.8, 4) is 11.5 Å². The molecule has 1 unspecified atom stereocenters. The number of nitrogens with one attached hydrogen (secondary N) is 1. The minimum Gasteiger partial charge on any atom is -0.352 e. The van der Waals surface area contributed by atoms with Crippen LogP contribution >= 0.6 is 0 Å². The average molecular weight is 404 g/mol. The number of fused-ring (bicyclic) bond motifs is 1. The molecule has 30 heavy (non-hydrogen) atoms. The number of benzene rings is 1. The van der Waals surface area contributed by atoms with Gasteiger partial charge < -0.3 is 9.88 Å². The van der Waals surface area contributed by atoms with Gasteiger partial charge in [0.2, 0.25) is 5.91 Å². The molecule has 3 heterocycles. The molecule has 0 saturated carbocycles. The lowest BCUT2D eigenvalue weighted by atomic mass is 10.2. The van der Waals surface area contributed by atoms with Gasteiger partial charge in [-0.15, -0.1) is 0 Å². The predicted molar refractivity (Wildman–Crippen MR) is 115 cm³/mol. The van der Waals surface area contributed by atoms with E-state index in [-0.39, 0.29) is 24.1 Å². The highest BCUT2D eigenvalue weighted by atomic mass is 16.2. The number of hydrogen-bond acceptors (Lipinski definition) is 4. The van der Waals surface area contributed by atoms with Crippen molar-refractivity contribution in [2.24, 2.45) is 0 Å². The summed E-state index contributed by atoms with van der Waals surface area (Å²) < 4.78 is 4.82. The summed E-state index contributed by atoms with van der Waals surface area (Å²) in [6.45, 7) is 5.58. The lowest BCUT2D eigenvalue weighted by molar-refractivity contribution is -0.122. The van der Waals surface area contributed by atoms with Crippen LogP contribution in [0.15, 0.2) is 59.7 Å². The molecule has 0 aliphatic rings. The number of para-hydroxylation sites is 1. The van der Waals surface area contributed by atoms with Crippen molar-refractivity contribution >= 4 is 16.8 Å². The Hall–Kier alpha value is -3.68. The summed E-state index contributed by atoms with van der Waals surface area (Å²) in [4.78, 5) is 25.8. The minimum absolute atomic E-state index is 0.0364. The Morgan fingerprint density at radius 2 is 1.80 bits per heavy atom. The lowest BCUT2D eigenvalue weighted by Gasteiger charge is -2.12. The van der Waals surface area contributed by atoms with E-state index in [2.05, 4.69) is 10.4 Å². The molecule has 1 atom stereocenters. The van der Waals surface area contributed by atoms with Crippen molar-refractivity contribution in [1.82, 2.24) is 29.4 Å². The fourth-order valence-electron chi connectivity index (χ4n) is 3.39. The van der Waals surface area contributed by atoms with Gasteiger partial charge in [0, 0.05) is 18.4 Å². The first-order valence-corrected chi connectivity index (χ1v) is 9.98. The maximum atomic E-state index is 13.4. The largest absolute Gasteiger partial charge is 0.352 e. The van der Waals surface area contributed by atoms with Crippen molar-refractivity contribution < 1.29 is 4.79 Å². The zero-order chi connectivity index (χ0) is 21.3. The van der Waals surface area contributed by atoms with Crippen molar-refractivity contribution in [3.05, 3.63) is 70.9 Å². The molecular formula is C22H24N6O2. The van der Waals surface area contributed by atoms with Gasteiger partial charge in [0.15, 0.2) is 5.82 Å². The molecule has 0 aliphatic carbocycles. The molecule has 0 spiro atoms. The van der Waals surface area contributed by atoms with Crippen LogP contribution in [-0.4, -0.2) is 36.1 Å². The van der Waals surface area contributed by atoms with Crippen LogP contribution < -0.4 is 10.9 Å². The molecule has 0 bridgehead atoms. The van der Waals surface area contributed by atoms with Gasteiger partial charge in [0.25, 0.3) is 5.56 Å². The molecule has 0 radical (unpaired) electrons. The van der Waals surface area contributed by atoms with Crippen LogP contribution in [0.25, 0.3) is 22.4 Å². The van der Waals surface area contributed by atoms with Crippen LogP contribution in [0.5, 0.6) is 0 Å². The van der Waals surface area contributed by atoms with E-state index in [4.69, 9.17) is 5.10 Å². The van der Waals surface area contributed by atoms with Crippen LogP contribution in [0, 0.1) is 6.92 Å². The monoisotopic (exact) mass is 404 g/mol. The smallest absolute Gasteiger partial charge is 0.280 e. The third-order valence-electron chi connectivity index (χ3n) is 5.09. The predicted octanol–water partition coefficient (Wildman–Crippen LogP) is 2.60. The van der Waals surface area contributed by atoms with Crippen molar-refractivity contribution in [3.63, 3.8) is 0 Å². The van der Waals surface area contributed by atoms with E-state index < -0.39 is 0 Å². The molecule has 0 saturated heterocycles. The molecule has 4 aromatic rings. The highest BCUT2D eigenvalue weighted by molar-refractivity contribution is 5.88. The number of amides is 1. The standard InChI is InChI=1S/C22H24N6O2/c1-4-15(2)23-18(29)14-27-22(30)19-20(16(3)24-27)25-28(17-10-6-5-7-11-17)21(19)26-12-8-9-13-26/h5-13,15H,4,14H2,1-3H3,(H,23,29). The Balaban J connectivity index is 1.92. The summed E-state index contributed by atoms with van der Waals surface area (Å²) in [5.41, 5.74) is 1.59. The summed E-state index contributed by atoms with van der Waals surface area (Å²) in [6, 6.07) is 13.4. The number of rotatable bonds is 6. The average Bonchev–Trinajstić information content (AvgIpc) is 3.40. The van der Waals surface area contributed by atoms with Crippen molar-refractivity contribution in [2.75, 3.05) is 0 Å². The number of carbonyl (C=O) groups excluding carboxylic acids is 1. The molecule has 8 heteroatoms.